The average molecular weight is 284 g/mol. The zero-order valence-corrected chi connectivity index (χ0v) is 11.8. The second kappa shape index (κ2) is 6.87. The largest absolute Gasteiger partial charge is 0.490 e. The number of ether oxygens (including phenoxy) is 1. The van der Waals surface area contributed by atoms with Gasteiger partial charge in [-0.1, -0.05) is 37.3 Å². The van der Waals surface area contributed by atoms with Crippen LogP contribution in [-0.2, 0) is 5.54 Å². The second-order valence-corrected chi connectivity index (χ2v) is 4.66. The molecule has 0 aliphatic carbocycles. The van der Waals surface area contributed by atoms with Crippen molar-refractivity contribution in [1.29, 1.82) is 5.26 Å². The number of halogens is 1. The number of benzene rings is 2. The van der Waals surface area contributed by atoms with Gasteiger partial charge in [0.1, 0.15) is 18.2 Å². The van der Waals surface area contributed by atoms with Crippen LogP contribution in [0.4, 0.5) is 4.39 Å². The molecule has 0 aliphatic heterocycles. The Hall–Kier alpha value is -2.38. The zero-order valence-electron chi connectivity index (χ0n) is 11.8. The summed E-state index contributed by atoms with van der Waals surface area (Å²) in [5.41, 5.74) is -0.0822. The maximum Gasteiger partial charge on any atom is 0.166 e. The predicted molar refractivity (Wildman–Crippen MR) is 79.3 cm³/mol. The van der Waals surface area contributed by atoms with Crippen molar-refractivity contribution in [3.05, 3.63) is 66.0 Å². The van der Waals surface area contributed by atoms with Crippen LogP contribution in [0.2, 0.25) is 0 Å². The van der Waals surface area contributed by atoms with Crippen molar-refractivity contribution in [2.45, 2.75) is 12.5 Å². The SMILES string of the molecule is CCNC(C#N)(COc1ccc(F)cc1)c1ccccc1. The number of nitrogens with zero attached hydrogens (tertiary/aromatic N) is 1. The van der Waals surface area contributed by atoms with E-state index in [0.717, 1.165) is 5.56 Å². The molecule has 0 radical (unpaired) electrons. The number of nitrogens with one attached hydrogen (secondary N) is 1. The Kier molecular flexibility index (Phi) is 4.91. The van der Waals surface area contributed by atoms with Crippen LogP contribution in [0.3, 0.4) is 0 Å². The smallest absolute Gasteiger partial charge is 0.166 e. The van der Waals surface area contributed by atoms with Crippen LogP contribution in [0.1, 0.15) is 12.5 Å². The van der Waals surface area contributed by atoms with Crippen LogP contribution in [0, 0.1) is 17.1 Å². The molecule has 1 unspecified atom stereocenters. The van der Waals surface area contributed by atoms with E-state index in [1.165, 1.54) is 12.1 Å². The summed E-state index contributed by atoms with van der Waals surface area (Å²) < 4.78 is 18.6. The lowest BCUT2D eigenvalue weighted by Gasteiger charge is -2.28. The molecule has 4 heteroatoms. The van der Waals surface area contributed by atoms with Crippen molar-refractivity contribution < 1.29 is 9.13 Å². The molecular weight excluding hydrogens is 267 g/mol. The summed E-state index contributed by atoms with van der Waals surface area (Å²) in [6.45, 7) is 2.72. The van der Waals surface area contributed by atoms with Crippen molar-refractivity contribution in [1.82, 2.24) is 5.32 Å². The summed E-state index contributed by atoms with van der Waals surface area (Å²) in [6, 6.07) is 17.5. The molecule has 108 valence electrons. The van der Waals surface area contributed by atoms with E-state index in [-0.39, 0.29) is 12.4 Å². The van der Waals surface area contributed by atoms with Gasteiger partial charge in [0.05, 0.1) is 6.07 Å². The summed E-state index contributed by atoms with van der Waals surface area (Å²) in [4.78, 5) is 0. The molecule has 0 saturated carbocycles. The highest BCUT2D eigenvalue weighted by Crippen LogP contribution is 2.22. The van der Waals surface area contributed by atoms with Crippen LogP contribution in [0.15, 0.2) is 54.6 Å². The summed E-state index contributed by atoms with van der Waals surface area (Å²) in [5, 5.41) is 12.8. The van der Waals surface area contributed by atoms with Gasteiger partial charge in [0.25, 0.3) is 0 Å². The second-order valence-electron chi connectivity index (χ2n) is 4.66. The first-order valence-electron chi connectivity index (χ1n) is 6.80. The highest BCUT2D eigenvalue weighted by Gasteiger charge is 2.32. The quantitative estimate of drug-likeness (QED) is 0.885. The third-order valence-electron chi connectivity index (χ3n) is 3.20. The number of likely N-dealkylation sites (N-methyl/N-ethyl adjacent to an activating group) is 1. The van der Waals surface area contributed by atoms with E-state index >= 15 is 0 Å². The normalized spacial score (nSPS) is 13.2. The fourth-order valence-corrected chi connectivity index (χ4v) is 2.12. The Balaban J connectivity index is 2.21. The summed E-state index contributed by atoms with van der Waals surface area (Å²) in [7, 11) is 0. The lowest BCUT2D eigenvalue weighted by molar-refractivity contribution is 0.224. The first kappa shape index (κ1) is 15.0. The van der Waals surface area contributed by atoms with Gasteiger partial charge in [-0.2, -0.15) is 5.26 Å². The third-order valence-corrected chi connectivity index (χ3v) is 3.20. The number of nitriles is 1. The molecule has 2 aromatic rings. The van der Waals surface area contributed by atoms with Gasteiger partial charge in [0.2, 0.25) is 0 Å². The topological polar surface area (TPSA) is 45.0 Å². The van der Waals surface area contributed by atoms with E-state index < -0.39 is 5.54 Å². The van der Waals surface area contributed by atoms with E-state index in [0.29, 0.717) is 12.3 Å². The average Bonchev–Trinajstić information content (AvgIpc) is 2.54. The highest BCUT2D eigenvalue weighted by atomic mass is 19.1. The molecule has 0 fully saturated rings. The monoisotopic (exact) mass is 284 g/mol. The fourth-order valence-electron chi connectivity index (χ4n) is 2.12. The molecule has 0 saturated heterocycles. The lowest BCUT2D eigenvalue weighted by atomic mass is 9.92. The van der Waals surface area contributed by atoms with Gasteiger partial charge in [-0.25, -0.2) is 4.39 Å². The van der Waals surface area contributed by atoms with Gasteiger partial charge in [0.15, 0.2) is 5.54 Å². The lowest BCUT2D eigenvalue weighted by Crippen LogP contribution is -2.46. The highest BCUT2D eigenvalue weighted by molar-refractivity contribution is 5.32. The molecular formula is C17H17FN2O. The third kappa shape index (κ3) is 3.59. The van der Waals surface area contributed by atoms with Crippen LogP contribution in [0.25, 0.3) is 0 Å². The van der Waals surface area contributed by atoms with Crippen LogP contribution >= 0.6 is 0 Å². The van der Waals surface area contributed by atoms with Gasteiger partial charge in [-0.3, -0.25) is 5.32 Å². The van der Waals surface area contributed by atoms with Crippen molar-refractivity contribution >= 4 is 0 Å². The molecule has 0 aromatic heterocycles. The molecule has 2 rings (SSSR count). The molecule has 0 aliphatic rings. The molecule has 2 aromatic carbocycles. The van der Waals surface area contributed by atoms with Gasteiger partial charge >= 0.3 is 0 Å². The van der Waals surface area contributed by atoms with E-state index in [4.69, 9.17) is 4.74 Å². The molecule has 0 bridgehead atoms. The summed E-state index contributed by atoms with van der Waals surface area (Å²) in [6.07, 6.45) is 0. The molecule has 0 heterocycles. The molecule has 1 N–H and O–H groups in total. The maximum absolute atomic E-state index is 12.9. The van der Waals surface area contributed by atoms with Gasteiger partial charge in [0, 0.05) is 0 Å². The van der Waals surface area contributed by atoms with Gasteiger partial charge < -0.3 is 4.74 Å². The number of hydrogen-bond donors (Lipinski definition) is 1. The molecule has 0 amide bonds. The first-order chi connectivity index (χ1) is 10.2. The van der Waals surface area contributed by atoms with E-state index in [1.54, 1.807) is 12.1 Å². The minimum atomic E-state index is -0.926. The summed E-state index contributed by atoms with van der Waals surface area (Å²) in [5.74, 6) is 0.216. The van der Waals surface area contributed by atoms with Crippen molar-refractivity contribution in [3.63, 3.8) is 0 Å². The van der Waals surface area contributed by atoms with E-state index in [9.17, 15) is 9.65 Å². The minimum absolute atomic E-state index is 0.146. The van der Waals surface area contributed by atoms with E-state index in [2.05, 4.69) is 11.4 Å². The van der Waals surface area contributed by atoms with Crippen molar-refractivity contribution in [2.24, 2.45) is 0 Å². The van der Waals surface area contributed by atoms with Crippen LogP contribution in [0.5, 0.6) is 5.75 Å². The Labute approximate surface area is 124 Å². The zero-order chi connectivity index (χ0) is 15.1. The number of rotatable bonds is 6. The molecule has 1 atom stereocenters. The standard InChI is InChI=1S/C17H17FN2O/c1-2-20-17(12-19,14-6-4-3-5-7-14)13-21-16-10-8-15(18)9-11-16/h3-11,20H,2,13H2,1H3. The van der Waals surface area contributed by atoms with Crippen molar-refractivity contribution in [2.75, 3.05) is 13.2 Å². The van der Waals surface area contributed by atoms with E-state index in [1.807, 2.05) is 37.3 Å². The molecule has 21 heavy (non-hydrogen) atoms. The Morgan fingerprint density at radius 2 is 1.81 bits per heavy atom. The number of hydrogen-bond acceptors (Lipinski definition) is 3. The Morgan fingerprint density at radius 3 is 2.38 bits per heavy atom. The Morgan fingerprint density at radius 1 is 1.14 bits per heavy atom. The fraction of sp³-hybridized carbons (Fsp3) is 0.235. The van der Waals surface area contributed by atoms with Gasteiger partial charge in [-0.05, 0) is 36.4 Å². The summed E-state index contributed by atoms with van der Waals surface area (Å²) >= 11 is 0. The minimum Gasteiger partial charge on any atom is -0.490 e. The molecule has 0 spiro atoms. The maximum atomic E-state index is 12.9. The van der Waals surface area contributed by atoms with Gasteiger partial charge in [-0.15, -0.1) is 0 Å². The first-order valence-corrected chi connectivity index (χ1v) is 6.80. The predicted octanol–water partition coefficient (Wildman–Crippen LogP) is 3.23. The molecule has 3 nitrogen and oxygen atoms in total. The van der Waals surface area contributed by atoms with Crippen molar-refractivity contribution in [3.8, 4) is 11.8 Å². The Bertz CT molecular complexity index is 607. The van der Waals surface area contributed by atoms with Crippen LogP contribution < -0.4 is 10.1 Å². The van der Waals surface area contributed by atoms with Crippen LogP contribution in [-0.4, -0.2) is 13.2 Å².